The van der Waals surface area contributed by atoms with E-state index in [1.54, 1.807) is 0 Å². The number of aromatic nitrogens is 3. The summed E-state index contributed by atoms with van der Waals surface area (Å²) in [7, 11) is 0. The van der Waals surface area contributed by atoms with Crippen molar-refractivity contribution in [1.82, 2.24) is 15.0 Å². The number of fused-ring (bicyclic) bond motifs is 6. The van der Waals surface area contributed by atoms with Gasteiger partial charge in [0.2, 0.25) is 0 Å². The first kappa shape index (κ1) is 61.3. The minimum Gasteiger partial charge on any atom is -0.456 e. The smallest absolute Gasteiger partial charge is 0.136 e. The van der Waals surface area contributed by atoms with Gasteiger partial charge in [-0.25, -0.2) is 0 Å². The molecule has 0 bridgehead atoms. The first-order valence-corrected chi connectivity index (χ1v) is 34.4. The first-order chi connectivity index (χ1) is 48.8. The summed E-state index contributed by atoms with van der Waals surface area (Å²) in [6, 6.07) is 110. The van der Waals surface area contributed by atoms with Gasteiger partial charge in [-0.3, -0.25) is 15.0 Å². The van der Waals surface area contributed by atoms with Gasteiger partial charge in [0.05, 0.1) is 17.1 Å². The van der Waals surface area contributed by atoms with Gasteiger partial charge in [0, 0.05) is 56.8 Å². The number of furan rings is 2. The van der Waals surface area contributed by atoms with E-state index in [0.29, 0.717) is 0 Å². The lowest BCUT2D eigenvalue weighted by Crippen LogP contribution is -2.11. The molecule has 0 aliphatic heterocycles. The number of nitrogens with zero attached hydrogens (tertiary/aromatic N) is 3. The van der Waals surface area contributed by atoms with Gasteiger partial charge in [0.1, 0.15) is 22.3 Å². The third kappa shape index (κ3) is 11.4. The van der Waals surface area contributed by atoms with Gasteiger partial charge in [-0.05, 0) is 231 Å². The van der Waals surface area contributed by atoms with Gasteiger partial charge in [-0.15, -0.1) is 0 Å². The predicted molar refractivity (Wildman–Crippen MR) is 417 cm³/mol. The van der Waals surface area contributed by atoms with E-state index in [2.05, 4.69) is 327 Å². The van der Waals surface area contributed by atoms with Crippen LogP contribution in [0.25, 0.3) is 178 Å². The van der Waals surface area contributed by atoms with E-state index in [4.69, 9.17) is 23.8 Å². The molecular formula is C95H71N3O2. The zero-order chi connectivity index (χ0) is 67.6. The van der Waals surface area contributed by atoms with Crippen LogP contribution in [-0.4, -0.2) is 15.0 Å². The van der Waals surface area contributed by atoms with Gasteiger partial charge in [0.25, 0.3) is 0 Å². The average molecular weight is 1290 g/mol. The molecule has 0 atom stereocenters. The zero-order valence-electron chi connectivity index (χ0n) is 56.8. The highest BCUT2D eigenvalue weighted by Crippen LogP contribution is 2.49. The number of rotatable bonds is 12. The minimum absolute atomic E-state index is 0.0655. The van der Waals surface area contributed by atoms with Crippen LogP contribution in [0.4, 0.5) is 0 Å². The number of para-hydroxylation sites is 2. The quantitative estimate of drug-likeness (QED) is 0.122. The van der Waals surface area contributed by atoms with E-state index >= 15 is 0 Å². The number of hydrogen-bond donors (Lipinski definition) is 0. The van der Waals surface area contributed by atoms with Gasteiger partial charge < -0.3 is 8.83 Å². The Morgan fingerprint density at radius 3 is 0.960 bits per heavy atom. The summed E-state index contributed by atoms with van der Waals surface area (Å²) in [4.78, 5) is 14.9. The molecule has 100 heavy (non-hydrogen) atoms. The van der Waals surface area contributed by atoms with E-state index in [0.717, 1.165) is 178 Å². The first-order valence-electron chi connectivity index (χ1n) is 34.4. The second-order valence-electron chi connectivity index (χ2n) is 28.3. The summed E-state index contributed by atoms with van der Waals surface area (Å²) >= 11 is 0. The molecule has 0 amide bonds. The second-order valence-corrected chi connectivity index (χ2v) is 28.3. The van der Waals surface area contributed by atoms with E-state index < -0.39 is 0 Å². The normalized spacial score (nSPS) is 11.9. The Hall–Kier alpha value is -12.3. The Morgan fingerprint density at radius 2 is 0.540 bits per heavy atom. The fourth-order valence-corrected chi connectivity index (χ4v) is 14.6. The molecule has 0 unspecified atom stereocenters. The van der Waals surface area contributed by atoms with Crippen molar-refractivity contribution in [2.45, 2.75) is 52.4 Å². The van der Waals surface area contributed by atoms with Gasteiger partial charge in [-0.2, -0.15) is 0 Å². The standard InChI is InChI=1S/C95H71N3O2/c1-94(2,3)69-45-48-97-88(58-69)64-38-41-78(85(54-64)61-35-43-82-80-30-16-18-33-90(80)99-92(82)56-61)75-28-14-11-25-72(75)67-50-66(71-24-10-13-27-74(71)77-40-37-63(87-32-20-21-47-96-87)53-84(77)60-22-8-7-9-23-60)51-68(52-67)73-26-12-15-29-76(73)79-42-39-65(89-59-70(46-49-98-89)95(4,5)6)55-86(79)62-36-44-83-81-31-17-19-34-91(81)100-93(83)57-62/h7-59H,1-6H3. The lowest BCUT2D eigenvalue weighted by atomic mass is 9.83. The average Bonchev–Trinajstić information content (AvgIpc) is 0.940. The Kier molecular flexibility index (Phi) is 15.3. The molecule has 0 aliphatic carbocycles. The van der Waals surface area contributed by atoms with Crippen molar-refractivity contribution in [1.29, 1.82) is 0 Å². The summed E-state index contributed by atoms with van der Waals surface area (Å²) in [5, 5.41) is 4.36. The molecule has 0 N–H and O–H groups in total. The van der Waals surface area contributed by atoms with Crippen molar-refractivity contribution >= 4 is 43.9 Å². The maximum atomic E-state index is 6.65. The summed E-state index contributed by atoms with van der Waals surface area (Å²) < 4.78 is 13.3. The van der Waals surface area contributed by atoms with Crippen LogP contribution in [0.5, 0.6) is 0 Å². The molecule has 5 aromatic heterocycles. The SMILES string of the molecule is CC(C)(C)c1ccnc(-c2ccc(-c3ccccc3-c3cc(-c4ccccc4-c4ccc(-c5ccccn5)cc4-c4ccccc4)cc(-c4ccccc4-c4ccc(-c5cc(C(C)(C)C)ccn5)cc4-c4ccc5c(c4)oc4ccccc45)c3)c(-c3ccc4c(c3)oc3ccccc34)c2)c1. The van der Waals surface area contributed by atoms with Gasteiger partial charge in [0.15, 0.2) is 0 Å². The maximum Gasteiger partial charge on any atom is 0.136 e. The van der Waals surface area contributed by atoms with Crippen molar-refractivity contribution in [2.24, 2.45) is 0 Å². The number of pyridine rings is 3. The molecule has 5 heteroatoms. The van der Waals surface area contributed by atoms with Crippen molar-refractivity contribution in [3.8, 4) is 134 Å². The Labute approximate surface area is 583 Å². The highest BCUT2D eigenvalue weighted by Gasteiger charge is 2.24. The topological polar surface area (TPSA) is 65.0 Å². The number of hydrogen-bond acceptors (Lipinski definition) is 5. The molecule has 17 rings (SSSR count). The van der Waals surface area contributed by atoms with Crippen LogP contribution in [0.3, 0.4) is 0 Å². The van der Waals surface area contributed by atoms with Gasteiger partial charge >= 0.3 is 0 Å². The third-order valence-electron chi connectivity index (χ3n) is 19.8. The minimum atomic E-state index is -0.0655. The van der Waals surface area contributed by atoms with E-state index in [-0.39, 0.29) is 10.8 Å². The van der Waals surface area contributed by atoms with Crippen LogP contribution < -0.4 is 0 Å². The molecular weight excluding hydrogens is 1220 g/mol. The Bertz CT molecular complexity index is 5720. The molecule has 0 saturated heterocycles. The molecule has 0 fully saturated rings. The molecule has 5 nitrogen and oxygen atoms in total. The van der Waals surface area contributed by atoms with E-state index in [1.165, 1.54) is 11.1 Å². The van der Waals surface area contributed by atoms with Crippen molar-refractivity contribution in [3.63, 3.8) is 0 Å². The summed E-state index contributed by atoms with van der Waals surface area (Å²) in [6.45, 7) is 13.5. The third-order valence-corrected chi connectivity index (χ3v) is 19.8. The molecule has 0 radical (unpaired) electrons. The van der Waals surface area contributed by atoms with Crippen LogP contribution in [0.1, 0.15) is 52.7 Å². The molecule has 12 aromatic carbocycles. The highest BCUT2D eigenvalue weighted by molar-refractivity contribution is 6.09. The molecule has 0 spiro atoms. The largest absolute Gasteiger partial charge is 0.456 e. The van der Waals surface area contributed by atoms with Crippen LogP contribution in [0, 0.1) is 0 Å². The Balaban J connectivity index is 0.898. The summed E-state index contributed by atoms with van der Waals surface area (Å²) in [6.07, 6.45) is 5.76. The van der Waals surface area contributed by atoms with Crippen molar-refractivity contribution in [3.05, 3.63) is 333 Å². The van der Waals surface area contributed by atoms with Crippen LogP contribution >= 0.6 is 0 Å². The fourth-order valence-electron chi connectivity index (χ4n) is 14.6. The predicted octanol–water partition coefficient (Wildman–Crippen LogP) is 26.3. The lowest BCUT2D eigenvalue weighted by molar-refractivity contribution is 0.589. The van der Waals surface area contributed by atoms with Crippen LogP contribution in [0.15, 0.2) is 331 Å². The molecule has 0 saturated carbocycles. The van der Waals surface area contributed by atoms with E-state index in [9.17, 15) is 0 Å². The second kappa shape index (κ2) is 25.0. The molecule has 0 aliphatic rings. The summed E-state index contributed by atoms with van der Waals surface area (Å²) in [5.41, 5.74) is 31.2. The van der Waals surface area contributed by atoms with Gasteiger partial charge in [-0.1, -0.05) is 236 Å². The molecule has 478 valence electrons. The van der Waals surface area contributed by atoms with Crippen LogP contribution in [-0.2, 0) is 10.8 Å². The monoisotopic (exact) mass is 1290 g/mol. The van der Waals surface area contributed by atoms with E-state index in [1.807, 2.05) is 36.8 Å². The van der Waals surface area contributed by atoms with Crippen molar-refractivity contribution < 1.29 is 8.83 Å². The fraction of sp³-hybridized carbons (Fsp3) is 0.0842. The summed E-state index contributed by atoms with van der Waals surface area (Å²) in [5.74, 6) is 0. The van der Waals surface area contributed by atoms with Crippen LogP contribution in [0.2, 0.25) is 0 Å². The number of benzene rings is 12. The molecule has 17 aromatic rings. The molecule has 5 heterocycles. The van der Waals surface area contributed by atoms with Crippen molar-refractivity contribution in [2.75, 3.05) is 0 Å². The lowest BCUT2D eigenvalue weighted by Gasteiger charge is -2.21. The maximum absolute atomic E-state index is 6.65. The zero-order valence-corrected chi connectivity index (χ0v) is 56.8. The Morgan fingerprint density at radius 1 is 0.200 bits per heavy atom. The highest BCUT2D eigenvalue weighted by atomic mass is 16.3.